The maximum Gasteiger partial charge on any atom is 0.224 e. The van der Waals surface area contributed by atoms with Crippen molar-refractivity contribution in [2.24, 2.45) is 0 Å². The Morgan fingerprint density at radius 1 is 0.958 bits per heavy atom. The first kappa shape index (κ1) is 18.1. The Bertz CT molecular complexity index is 678. The van der Waals surface area contributed by atoms with Crippen molar-refractivity contribution < 1.29 is 4.79 Å². The van der Waals surface area contributed by atoms with E-state index in [1.54, 1.807) is 0 Å². The summed E-state index contributed by atoms with van der Waals surface area (Å²) in [7, 11) is 0. The van der Waals surface area contributed by atoms with Crippen LogP contribution in [0.2, 0.25) is 0 Å². The van der Waals surface area contributed by atoms with E-state index in [4.69, 9.17) is 5.73 Å². The van der Waals surface area contributed by atoms with Gasteiger partial charge in [-0.25, -0.2) is 0 Å². The van der Waals surface area contributed by atoms with Gasteiger partial charge in [-0.1, -0.05) is 64.1 Å². The summed E-state index contributed by atoms with van der Waals surface area (Å²) in [5.74, 6) is 0.765. The number of carbonyl (C=O) groups excluding carboxylic acids is 1. The molecule has 0 atom stereocenters. The lowest BCUT2D eigenvalue weighted by molar-refractivity contribution is -0.116. The largest absolute Gasteiger partial charge is 0.399 e. The van der Waals surface area contributed by atoms with Crippen molar-refractivity contribution in [1.82, 2.24) is 0 Å². The van der Waals surface area contributed by atoms with Crippen LogP contribution in [0.4, 0.5) is 11.4 Å². The summed E-state index contributed by atoms with van der Waals surface area (Å²) >= 11 is 0. The van der Waals surface area contributed by atoms with Crippen LogP contribution in [-0.4, -0.2) is 5.91 Å². The van der Waals surface area contributed by atoms with Crippen molar-refractivity contribution in [3.8, 4) is 0 Å². The lowest BCUT2D eigenvalue weighted by Crippen LogP contribution is -2.16. The monoisotopic (exact) mass is 324 g/mol. The zero-order chi connectivity index (χ0) is 17.7. The highest BCUT2D eigenvalue weighted by atomic mass is 16.1. The number of hydrogen-bond acceptors (Lipinski definition) is 2. The first-order valence-corrected chi connectivity index (χ1v) is 8.66. The first-order chi connectivity index (χ1) is 11.4. The average molecular weight is 324 g/mol. The second-order valence-corrected chi connectivity index (χ2v) is 6.87. The molecule has 3 nitrogen and oxygen atoms in total. The smallest absolute Gasteiger partial charge is 0.224 e. The van der Waals surface area contributed by atoms with Crippen LogP contribution in [0, 0.1) is 0 Å². The third kappa shape index (κ3) is 4.38. The van der Waals surface area contributed by atoms with E-state index in [-0.39, 0.29) is 5.91 Å². The van der Waals surface area contributed by atoms with E-state index in [0.717, 1.165) is 16.9 Å². The number of nitrogens with one attached hydrogen (secondary N) is 1. The highest BCUT2D eigenvalue weighted by Crippen LogP contribution is 2.32. The van der Waals surface area contributed by atoms with E-state index in [1.807, 2.05) is 24.3 Å². The standard InChI is InChI=1S/C21H28N2O/c1-14(2)17-9-7-10-18(15(3)4)21(17)23-20(24)13-12-16-8-5-6-11-19(16)22/h5-11,14-15H,12-13,22H2,1-4H3,(H,23,24). The molecule has 0 saturated carbocycles. The fourth-order valence-electron chi connectivity index (χ4n) is 2.91. The van der Waals surface area contributed by atoms with Gasteiger partial charge in [-0.15, -0.1) is 0 Å². The number of carbonyl (C=O) groups is 1. The summed E-state index contributed by atoms with van der Waals surface area (Å²) in [6.07, 6.45) is 1.08. The maximum atomic E-state index is 12.5. The van der Waals surface area contributed by atoms with Gasteiger partial charge in [-0.2, -0.15) is 0 Å². The Balaban J connectivity index is 2.15. The second-order valence-electron chi connectivity index (χ2n) is 6.87. The van der Waals surface area contributed by atoms with Gasteiger partial charge in [0.1, 0.15) is 0 Å². The SMILES string of the molecule is CC(C)c1cccc(C(C)C)c1NC(=O)CCc1ccccc1N. The molecule has 24 heavy (non-hydrogen) atoms. The molecule has 0 radical (unpaired) electrons. The molecule has 0 heterocycles. The third-order valence-electron chi connectivity index (χ3n) is 4.31. The molecule has 128 valence electrons. The molecule has 0 aromatic heterocycles. The highest BCUT2D eigenvalue weighted by Gasteiger charge is 2.16. The number of anilines is 2. The molecule has 0 aliphatic heterocycles. The lowest BCUT2D eigenvalue weighted by Gasteiger charge is -2.20. The second kappa shape index (κ2) is 8.00. The van der Waals surface area contributed by atoms with Crippen LogP contribution in [0.15, 0.2) is 42.5 Å². The first-order valence-electron chi connectivity index (χ1n) is 8.66. The Kier molecular flexibility index (Phi) is 6.02. The van der Waals surface area contributed by atoms with Gasteiger partial charge >= 0.3 is 0 Å². The summed E-state index contributed by atoms with van der Waals surface area (Å²) in [5, 5.41) is 3.15. The molecular formula is C21H28N2O. The van der Waals surface area contributed by atoms with E-state index >= 15 is 0 Å². The van der Waals surface area contributed by atoms with Crippen LogP contribution in [0.5, 0.6) is 0 Å². The number of rotatable bonds is 6. The molecule has 2 aromatic carbocycles. The number of benzene rings is 2. The summed E-state index contributed by atoms with van der Waals surface area (Å²) < 4.78 is 0. The molecule has 0 saturated heterocycles. The molecule has 0 aliphatic rings. The molecule has 3 N–H and O–H groups in total. The highest BCUT2D eigenvalue weighted by molar-refractivity contribution is 5.93. The molecule has 3 heteroatoms. The van der Waals surface area contributed by atoms with Crippen LogP contribution in [0.3, 0.4) is 0 Å². The van der Waals surface area contributed by atoms with Crippen molar-refractivity contribution in [3.05, 3.63) is 59.2 Å². The summed E-state index contributed by atoms with van der Waals surface area (Å²) in [5.41, 5.74) is 11.1. The topological polar surface area (TPSA) is 55.1 Å². The predicted octanol–water partition coefficient (Wildman–Crippen LogP) is 5.09. The van der Waals surface area contributed by atoms with Gasteiger partial charge in [-0.05, 0) is 41.0 Å². The predicted molar refractivity (Wildman–Crippen MR) is 102 cm³/mol. The molecule has 1 amide bonds. The summed E-state index contributed by atoms with van der Waals surface area (Å²) in [6.45, 7) is 8.61. The van der Waals surface area contributed by atoms with E-state index < -0.39 is 0 Å². The van der Waals surface area contributed by atoms with Gasteiger partial charge in [-0.3, -0.25) is 4.79 Å². The number of nitrogen functional groups attached to an aromatic ring is 1. The summed E-state index contributed by atoms with van der Waals surface area (Å²) in [4.78, 5) is 12.5. The minimum atomic E-state index is 0.0354. The van der Waals surface area contributed by atoms with Crippen LogP contribution in [0.1, 0.15) is 62.6 Å². The quantitative estimate of drug-likeness (QED) is 0.727. The van der Waals surface area contributed by atoms with Gasteiger partial charge < -0.3 is 11.1 Å². The number of aryl methyl sites for hydroxylation is 1. The minimum absolute atomic E-state index is 0.0354. The molecule has 0 fully saturated rings. The maximum absolute atomic E-state index is 12.5. The molecule has 0 unspecified atom stereocenters. The molecule has 0 bridgehead atoms. The Labute approximate surface area is 145 Å². The number of nitrogens with two attached hydrogens (primary N) is 1. The Hall–Kier alpha value is -2.29. The molecule has 0 spiro atoms. The van der Waals surface area contributed by atoms with Gasteiger partial charge in [0.05, 0.1) is 0 Å². The van der Waals surface area contributed by atoms with Gasteiger partial charge in [0.2, 0.25) is 5.91 Å². The zero-order valence-corrected chi connectivity index (χ0v) is 15.1. The van der Waals surface area contributed by atoms with Gasteiger partial charge in [0, 0.05) is 17.8 Å². The fraction of sp³-hybridized carbons (Fsp3) is 0.381. The fourth-order valence-corrected chi connectivity index (χ4v) is 2.91. The normalized spacial score (nSPS) is 11.1. The van der Waals surface area contributed by atoms with E-state index in [2.05, 4.69) is 51.2 Å². The number of hydrogen-bond donors (Lipinski definition) is 2. The van der Waals surface area contributed by atoms with Crippen LogP contribution in [-0.2, 0) is 11.2 Å². The summed E-state index contributed by atoms with van der Waals surface area (Å²) in [6, 6.07) is 14.0. The van der Waals surface area contributed by atoms with Crippen molar-refractivity contribution in [3.63, 3.8) is 0 Å². The van der Waals surface area contributed by atoms with Crippen molar-refractivity contribution in [2.75, 3.05) is 11.1 Å². The van der Waals surface area contributed by atoms with Crippen molar-refractivity contribution >= 4 is 17.3 Å². The molecular weight excluding hydrogens is 296 g/mol. The van der Waals surface area contributed by atoms with E-state index in [9.17, 15) is 4.79 Å². The van der Waals surface area contributed by atoms with Crippen molar-refractivity contribution in [2.45, 2.75) is 52.4 Å². The number of para-hydroxylation sites is 2. The third-order valence-corrected chi connectivity index (χ3v) is 4.31. The van der Waals surface area contributed by atoms with Gasteiger partial charge in [0.15, 0.2) is 0 Å². The van der Waals surface area contributed by atoms with E-state index in [0.29, 0.717) is 24.7 Å². The van der Waals surface area contributed by atoms with Gasteiger partial charge in [0.25, 0.3) is 0 Å². The average Bonchev–Trinajstić information content (AvgIpc) is 2.53. The Morgan fingerprint density at radius 3 is 2.08 bits per heavy atom. The molecule has 2 aromatic rings. The van der Waals surface area contributed by atoms with Crippen LogP contribution < -0.4 is 11.1 Å². The Morgan fingerprint density at radius 2 is 1.54 bits per heavy atom. The minimum Gasteiger partial charge on any atom is -0.399 e. The van der Waals surface area contributed by atoms with Crippen LogP contribution in [0.25, 0.3) is 0 Å². The molecule has 2 rings (SSSR count). The number of amides is 1. The van der Waals surface area contributed by atoms with Crippen LogP contribution >= 0.6 is 0 Å². The zero-order valence-electron chi connectivity index (χ0n) is 15.1. The lowest BCUT2D eigenvalue weighted by atomic mass is 9.92. The van der Waals surface area contributed by atoms with Crippen molar-refractivity contribution in [1.29, 1.82) is 0 Å². The van der Waals surface area contributed by atoms with E-state index in [1.165, 1.54) is 11.1 Å². The molecule has 0 aliphatic carbocycles.